The molecule has 1 fully saturated rings. The zero-order valence-corrected chi connectivity index (χ0v) is 27.7. The van der Waals surface area contributed by atoms with Gasteiger partial charge in [-0.2, -0.15) is 27.8 Å². The molecular formula is C32H27Cl2F3N10O3. The number of rotatable bonds is 7. The van der Waals surface area contributed by atoms with E-state index in [-0.39, 0.29) is 39.6 Å². The number of carbonyl (C=O) groups excluding carboxylic acids is 1. The highest BCUT2D eigenvalue weighted by molar-refractivity contribution is 6.33. The minimum Gasteiger partial charge on any atom is -0.503 e. The van der Waals surface area contributed by atoms with Crippen molar-refractivity contribution < 1.29 is 23.1 Å². The molecule has 0 saturated carbocycles. The number of amides is 1. The van der Waals surface area contributed by atoms with Crippen molar-refractivity contribution in [2.45, 2.75) is 26.1 Å². The minimum absolute atomic E-state index is 0.00901. The van der Waals surface area contributed by atoms with Crippen molar-refractivity contribution in [1.29, 1.82) is 0 Å². The maximum Gasteiger partial charge on any atom is 0.416 e. The first kappa shape index (κ1) is 33.2. The summed E-state index contributed by atoms with van der Waals surface area (Å²) < 4.78 is 44.0. The molecule has 5 aromatic heterocycles. The molecule has 0 radical (unpaired) electrons. The van der Waals surface area contributed by atoms with E-state index in [4.69, 9.17) is 28.2 Å². The van der Waals surface area contributed by atoms with Crippen LogP contribution in [-0.4, -0.2) is 71.0 Å². The van der Waals surface area contributed by atoms with E-state index in [0.29, 0.717) is 55.4 Å². The van der Waals surface area contributed by atoms with E-state index in [1.807, 2.05) is 22.8 Å². The SMILES string of the molecule is CCc1c(N2CCN(c3nccc(Cl)c3O)CC2)c(=O)n2nc(-c3ccn4nccc4c3)nc2n1CC(=O)Nc1ccc(C(F)(F)F)cc1Cl. The summed E-state index contributed by atoms with van der Waals surface area (Å²) in [5, 5.41) is 21.7. The third-order valence-electron chi connectivity index (χ3n) is 8.44. The molecule has 1 saturated heterocycles. The van der Waals surface area contributed by atoms with Crippen molar-refractivity contribution in [3.63, 3.8) is 0 Å². The van der Waals surface area contributed by atoms with Gasteiger partial charge in [0, 0.05) is 50.3 Å². The maximum atomic E-state index is 14.3. The molecule has 18 heteroatoms. The molecular weight excluding hydrogens is 700 g/mol. The quantitative estimate of drug-likeness (QED) is 0.229. The van der Waals surface area contributed by atoms with Gasteiger partial charge in [-0.05, 0) is 48.9 Å². The molecule has 0 aliphatic carbocycles. The lowest BCUT2D eigenvalue weighted by Gasteiger charge is -2.37. The van der Waals surface area contributed by atoms with E-state index in [9.17, 15) is 27.9 Å². The Hall–Kier alpha value is -5.35. The van der Waals surface area contributed by atoms with Crippen LogP contribution in [0.5, 0.6) is 5.75 Å². The molecule has 50 heavy (non-hydrogen) atoms. The van der Waals surface area contributed by atoms with Gasteiger partial charge in [0.2, 0.25) is 11.7 Å². The zero-order chi connectivity index (χ0) is 35.3. The minimum atomic E-state index is -4.61. The van der Waals surface area contributed by atoms with Crippen LogP contribution < -0.4 is 20.7 Å². The number of pyridine rings is 2. The molecule has 258 valence electrons. The van der Waals surface area contributed by atoms with Gasteiger partial charge in [-0.25, -0.2) is 9.50 Å². The van der Waals surface area contributed by atoms with Crippen LogP contribution in [0.25, 0.3) is 22.7 Å². The van der Waals surface area contributed by atoms with Crippen LogP contribution in [0.4, 0.5) is 30.4 Å². The highest BCUT2D eigenvalue weighted by Gasteiger charge is 2.32. The Morgan fingerprint density at radius 3 is 2.48 bits per heavy atom. The fourth-order valence-electron chi connectivity index (χ4n) is 6.03. The Labute approximate surface area is 291 Å². The third-order valence-corrected chi connectivity index (χ3v) is 9.06. The molecule has 1 aliphatic rings. The molecule has 6 heterocycles. The Kier molecular flexibility index (Phi) is 8.51. The van der Waals surface area contributed by atoms with Crippen LogP contribution in [0.15, 0.2) is 65.8 Å². The largest absolute Gasteiger partial charge is 0.503 e. The molecule has 7 rings (SSSR count). The summed E-state index contributed by atoms with van der Waals surface area (Å²) in [5.41, 5.74) is 0.788. The van der Waals surface area contributed by atoms with Gasteiger partial charge < -0.3 is 24.8 Å². The molecule has 0 unspecified atom stereocenters. The smallest absolute Gasteiger partial charge is 0.416 e. The normalized spacial score (nSPS) is 13.8. The summed E-state index contributed by atoms with van der Waals surface area (Å²) >= 11 is 12.2. The second-order valence-corrected chi connectivity index (χ2v) is 12.3. The van der Waals surface area contributed by atoms with Crippen molar-refractivity contribution in [2.24, 2.45) is 0 Å². The van der Waals surface area contributed by atoms with Crippen LogP contribution in [0, 0.1) is 0 Å². The van der Waals surface area contributed by atoms with Crippen molar-refractivity contribution >= 4 is 57.6 Å². The summed E-state index contributed by atoms with van der Waals surface area (Å²) in [4.78, 5) is 40.5. The van der Waals surface area contributed by atoms with E-state index in [1.54, 1.807) is 33.6 Å². The molecule has 1 amide bonds. The maximum absolute atomic E-state index is 14.3. The third kappa shape index (κ3) is 6.04. The van der Waals surface area contributed by atoms with Crippen LogP contribution in [0.1, 0.15) is 18.2 Å². The summed E-state index contributed by atoms with van der Waals surface area (Å²) in [6, 6.07) is 9.52. The Bertz CT molecular complexity index is 2330. The van der Waals surface area contributed by atoms with Crippen LogP contribution in [0.3, 0.4) is 0 Å². The summed E-state index contributed by atoms with van der Waals surface area (Å²) in [6.07, 6.45) is 0.589. The number of fused-ring (bicyclic) bond motifs is 2. The van der Waals surface area contributed by atoms with Crippen LogP contribution in [-0.2, 0) is 23.9 Å². The highest BCUT2D eigenvalue weighted by atomic mass is 35.5. The van der Waals surface area contributed by atoms with Crippen molar-refractivity contribution in [3.8, 4) is 17.1 Å². The Morgan fingerprint density at radius 1 is 1.00 bits per heavy atom. The summed E-state index contributed by atoms with van der Waals surface area (Å²) in [7, 11) is 0. The number of hydrogen-bond acceptors (Lipinski definition) is 9. The van der Waals surface area contributed by atoms with Gasteiger partial charge in [0.1, 0.15) is 12.2 Å². The number of anilines is 3. The summed E-state index contributed by atoms with van der Waals surface area (Å²) in [5.74, 6) is -0.0912. The lowest BCUT2D eigenvalue weighted by Crippen LogP contribution is -2.49. The van der Waals surface area contributed by atoms with Gasteiger partial charge in [0.15, 0.2) is 17.4 Å². The molecule has 6 aromatic rings. The average Bonchev–Trinajstić information content (AvgIpc) is 3.75. The Balaban J connectivity index is 1.28. The average molecular weight is 728 g/mol. The van der Waals surface area contributed by atoms with Gasteiger partial charge in [-0.15, -0.1) is 5.10 Å². The zero-order valence-electron chi connectivity index (χ0n) is 26.2. The number of nitrogens with one attached hydrogen (secondary N) is 1. The molecule has 0 spiro atoms. The summed E-state index contributed by atoms with van der Waals surface area (Å²) in [6.45, 7) is 2.97. The lowest BCUT2D eigenvalue weighted by molar-refractivity contribution is -0.137. The van der Waals surface area contributed by atoms with Gasteiger partial charge >= 0.3 is 6.18 Å². The number of piperazine rings is 1. The van der Waals surface area contributed by atoms with Gasteiger partial charge in [0.25, 0.3) is 5.56 Å². The second kappa shape index (κ2) is 12.8. The van der Waals surface area contributed by atoms with E-state index < -0.39 is 23.2 Å². The van der Waals surface area contributed by atoms with Crippen LogP contribution >= 0.6 is 23.2 Å². The predicted molar refractivity (Wildman–Crippen MR) is 181 cm³/mol. The fraction of sp³-hybridized carbons (Fsp3) is 0.250. The number of nitrogens with zero attached hydrogens (tertiary/aromatic N) is 9. The lowest BCUT2D eigenvalue weighted by atomic mass is 10.2. The van der Waals surface area contributed by atoms with Crippen LogP contribution in [0.2, 0.25) is 10.0 Å². The first-order chi connectivity index (χ1) is 23.9. The number of hydrogen-bond donors (Lipinski definition) is 2. The van der Waals surface area contributed by atoms with Crippen molar-refractivity contribution in [3.05, 3.63) is 92.7 Å². The van der Waals surface area contributed by atoms with E-state index in [0.717, 1.165) is 28.2 Å². The topological polar surface area (TPSA) is 138 Å². The number of carbonyl (C=O) groups is 1. The number of alkyl halides is 3. The number of aromatic nitrogens is 7. The molecule has 0 atom stereocenters. The van der Waals surface area contributed by atoms with Gasteiger partial charge in [0.05, 0.1) is 32.5 Å². The first-order valence-electron chi connectivity index (χ1n) is 15.4. The first-order valence-corrected chi connectivity index (χ1v) is 16.1. The van der Waals surface area contributed by atoms with Gasteiger partial charge in [-0.3, -0.25) is 9.59 Å². The molecule has 2 N–H and O–H groups in total. The van der Waals surface area contributed by atoms with Crippen molar-refractivity contribution in [2.75, 3.05) is 41.3 Å². The monoisotopic (exact) mass is 726 g/mol. The van der Waals surface area contributed by atoms with Crippen molar-refractivity contribution in [1.82, 2.24) is 33.8 Å². The Morgan fingerprint density at radius 2 is 1.76 bits per heavy atom. The number of halogens is 5. The molecule has 13 nitrogen and oxygen atoms in total. The van der Waals surface area contributed by atoms with E-state index >= 15 is 0 Å². The standard InChI is InChI=1S/C32H27Cl2F3N10O3/c1-2-24-26(43-11-13-44(14-12-43)29-27(49)21(33)6-8-38-29)30(50)47-31(41-28(42-47)18-7-10-46-20(15-18)5-9-39-46)45(24)17-25(48)40-23-4-3-19(16-22(23)34)32(35,36)37/h3-10,15-16,49H,2,11-14,17H2,1H3,(H,40,48). The molecule has 0 bridgehead atoms. The molecule has 1 aliphatic heterocycles. The van der Waals surface area contributed by atoms with E-state index in [1.165, 1.54) is 12.3 Å². The van der Waals surface area contributed by atoms with Gasteiger partial charge in [-0.1, -0.05) is 30.1 Å². The second-order valence-electron chi connectivity index (χ2n) is 11.5. The fourth-order valence-corrected chi connectivity index (χ4v) is 6.40. The predicted octanol–water partition coefficient (Wildman–Crippen LogP) is 5.16. The highest BCUT2D eigenvalue weighted by Crippen LogP contribution is 2.35. The van der Waals surface area contributed by atoms with E-state index in [2.05, 4.69) is 20.5 Å². The number of benzene rings is 1. The number of aromatic hydroxyl groups is 1. The molecule has 1 aromatic carbocycles.